The lowest BCUT2D eigenvalue weighted by Gasteiger charge is -2.05. The maximum absolute atomic E-state index is 5.92. The summed E-state index contributed by atoms with van der Waals surface area (Å²) in [7, 11) is 1.59. The molecule has 2 aromatic heterocycles. The predicted octanol–water partition coefficient (Wildman–Crippen LogP) is 1.99. The number of hydrogen-bond acceptors (Lipinski definition) is 4. The van der Waals surface area contributed by atoms with Gasteiger partial charge in [0, 0.05) is 12.3 Å². The second-order valence-electron chi connectivity index (χ2n) is 3.65. The molecule has 0 fully saturated rings. The molecule has 2 N–H and O–H groups in total. The SMILES string of the molecule is COc1ccc(Cn2nc(C)c(Br)c2N)cn1. The van der Waals surface area contributed by atoms with Gasteiger partial charge in [0.2, 0.25) is 5.88 Å². The molecule has 90 valence electrons. The Morgan fingerprint density at radius 3 is 2.71 bits per heavy atom. The minimum absolute atomic E-state index is 0.593. The molecule has 0 radical (unpaired) electrons. The van der Waals surface area contributed by atoms with Crippen molar-refractivity contribution in [1.82, 2.24) is 14.8 Å². The number of methoxy groups -OCH3 is 1. The van der Waals surface area contributed by atoms with E-state index >= 15 is 0 Å². The normalized spacial score (nSPS) is 10.5. The lowest BCUT2D eigenvalue weighted by molar-refractivity contribution is 0.397. The van der Waals surface area contributed by atoms with E-state index < -0.39 is 0 Å². The molecule has 0 saturated heterocycles. The zero-order valence-corrected chi connectivity index (χ0v) is 11.2. The fraction of sp³-hybridized carbons (Fsp3) is 0.273. The summed E-state index contributed by atoms with van der Waals surface area (Å²) < 4.78 is 7.59. The number of pyridine rings is 1. The van der Waals surface area contributed by atoms with Gasteiger partial charge in [0.1, 0.15) is 5.82 Å². The highest BCUT2D eigenvalue weighted by molar-refractivity contribution is 9.10. The number of halogens is 1. The average Bonchev–Trinajstić information content (AvgIpc) is 2.58. The number of aromatic nitrogens is 3. The Morgan fingerprint density at radius 1 is 1.47 bits per heavy atom. The first-order chi connectivity index (χ1) is 8.11. The summed E-state index contributed by atoms with van der Waals surface area (Å²) in [5, 5.41) is 4.33. The van der Waals surface area contributed by atoms with Crippen molar-refractivity contribution < 1.29 is 4.74 Å². The maximum atomic E-state index is 5.92. The zero-order valence-electron chi connectivity index (χ0n) is 9.64. The molecule has 0 spiro atoms. The first-order valence-electron chi connectivity index (χ1n) is 5.09. The van der Waals surface area contributed by atoms with Crippen molar-refractivity contribution >= 4 is 21.7 Å². The van der Waals surface area contributed by atoms with E-state index in [2.05, 4.69) is 26.0 Å². The topological polar surface area (TPSA) is 66.0 Å². The molecule has 0 aliphatic heterocycles. The minimum atomic E-state index is 0.593. The highest BCUT2D eigenvalue weighted by atomic mass is 79.9. The van der Waals surface area contributed by atoms with Crippen LogP contribution in [0.5, 0.6) is 5.88 Å². The Labute approximate surface area is 108 Å². The Hall–Kier alpha value is -1.56. The van der Waals surface area contributed by atoms with Crippen LogP contribution in [0, 0.1) is 6.92 Å². The molecule has 0 aliphatic carbocycles. The summed E-state index contributed by atoms with van der Waals surface area (Å²) in [5.74, 6) is 1.22. The fourth-order valence-corrected chi connectivity index (χ4v) is 1.78. The van der Waals surface area contributed by atoms with Crippen LogP contribution in [0.1, 0.15) is 11.3 Å². The third kappa shape index (κ3) is 2.41. The second kappa shape index (κ2) is 4.75. The number of aryl methyl sites for hydroxylation is 1. The van der Waals surface area contributed by atoms with E-state index in [0.29, 0.717) is 18.2 Å². The van der Waals surface area contributed by atoms with Gasteiger partial charge in [-0.3, -0.25) is 0 Å². The van der Waals surface area contributed by atoms with E-state index in [1.807, 2.05) is 19.1 Å². The van der Waals surface area contributed by atoms with Crippen LogP contribution in [0.2, 0.25) is 0 Å². The van der Waals surface area contributed by atoms with Gasteiger partial charge in [0.05, 0.1) is 23.8 Å². The molecule has 0 amide bonds. The first-order valence-corrected chi connectivity index (χ1v) is 5.88. The predicted molar refractivity (Wildman–Crippen MR) is 69.0 cm³/mol. The van der Waals surface area contributed by atoms with Crippen molar-refractivity contribution in [2.24, 2.45) is 0 Å². The number of rotatable bonds is 3. The quantitative estimate of drug-likeness (QED) is 0.941. The van der Waals surface area contributed by atoms with Crippen LogP contribution in [0.15, 0.2) is 22.8 Å². The third-order valence-electron chi connectivity index (χ3n) is 2.43. The van der Waals surface area contributed by atoms with Gasteiger partial charge in [-0.1, -0.05) is 6.07 Å². The van der Waals surface area contributed by atoms with Gasteiger partial charge in [-0.05, 0) is 28.4 Å². The molecular weight excluding hydrogens is 284 g/mol. The lowest BCUT2D eigenvalue weighted by Crippen LogP contribution is -2.06. The van der Waals surface area contributed by atoms with Crippen molar-refractivity contribution in [3.8, 4) is 5.88 Å². The third-order valence-corrected chi connectivity index (χ3v) is 3.41. The Morgan fingerprint density at radius 2 is 2.24 bits per heavy atom. The van der Waals surface area contributed by atoms with E-state index in [1.165, 1.54) is 0 Å². The number of nitrogen functional groups attached to an aromatic ring is 1. The number of hydrogen-bond donors (Lipinski definition) is 1. The zero-order chi connectivity index (χ0) is 12.4. The van der Waals surface area contributed by atoms with E-state index in [4.69, 9.17) is 10.5 Å². The summed E-state index contributed by atoms with van der Waals surface area (Å²) in [5.41, 5.74) is 7.82. The van der Waals surface area contributed by atoms with Crippen molar-refractivity contribution in [2.45, 2.75) is 13.5 Å². The summed E-state index contributed by atoms with van der Waals surface area (Å²) >= 11 is 3.39. The monoisotopic (exact) mass is 296 g/mol. The van der Waals surface area contributed by atoms with Crippen LogP contribution in [0.25, 0.3) is 0 Å². The Kier molecular flexibility index (Phi) is 3.33. The summed E-state index contributed by atoms with van der Waals surface area (Å²) in [6.45, 7) is 2.50. The van der Waals surface area contributed by atoms with Crippen LogP contribution < -0.4 is 10.5 Å². The smallest absolute Gasteiger partial charge is 0.212 e. The van der Waals surface area contributed by atoms with Crippen LogP contribution in [0.3, 0.4) is 0 Å². The van der Waals surface area contributed by atoms with E-state index in [0.717, 1.165) is 15.7 Å². The van der Waals surface area contributed by atoms with E-state index in [9.17, 15) is 0 Å². The molecule has 0 atom stereocenters. The fourth-order valence-electron chi connectivity index (χ4n) is 1.50. The molecule has 2 heterocycles. The standard InChI is InChI=1S/C11H13BrN4O/c1-7-10(12)11(13)16(15-7)6-8-3-4-9(17-2)14-5-8/h3-5H,6,13H2,1-2H3. The van der Waals surface area contributed by atoms with Crippen molar-refractivity contribution in [3.63, 3.8) is 0 Å². The molecule has 17 heavy (non-hydrogen) atoms. The summed E-state index contributed by atoms with van der Waals surface area (Å²) in [6, 6.07) is 3.76. The number of ether oxygens (including phenoxy) is 1. The largest absolute Gasteiger partial charge is 0.481 e. The molecule has 0 saturated carbocycles. The van der Waals surface area contributed by atoms with Crippen molar-refractivity contribution in [3.05, 3.63) is 34.1 Å². The molecule has 5 nitrogen and oxygen atoms in total. The highest BCUT2D eigenvalue weighted by Gasteiger charge is 2.09. The molecule has 6 heteroatoms. The Bertz CT molecular complexity index is 521. The minimum Gasteiger partial charge on any atom is -0.481 e. The van der Waals surface area contributed by atoms with Crippen molar-refractivity contribution in [2.75, 3.05) is 12.8 Å². The van der Waals surface area contributed by atoms with Crippen LogP contribution >= 0.6 is 15.9 Å². The van der Waals surface area contributed by atoms with Gasteiger partial charge in [0.15, 0.2) is 0 Å². The van der Waals surface area contributed by atoms with Crippen LogP contribution in [-0.2, 0) is 6.54 Å². The molecule has 0 bridgehead atoms. The van der Waals surface area contributed by atoms with E-state index in [-0.39, 0.29) is 0 Å². The number of nitrogens with zero attached hydrogens (tertiary/aromatic N) is 3. The van der Waals surface area contributed by atoms with Gasteiger partial charge < -0.3 is 10.5 Å². The number of nitrogens with two attached hydrogens (primary N) is 1. The molecule has 0 unspecified atom stereocenters. The van der Waals surface area contributed by atoms with Gasteiger partial charge in [-0.2, -0.15) is 5.10 Å². The molecule has 2 rings (SSSR count). The number of anilines is 1. The molecular formula is C11H13BrN4O. The first kappa shape index (κ1) is 11.9. The molecule has 0 aromatic carbocycles. The maximum Gasteiger partial charge on any atom is 0.212 e. The van der Waals surface area contributed by atoms with Crippen LogP contribution in [0.4, 0.5) is 5.82 Å². The van der Waals surface area contributed by atoms with Gasteiger partial charge in [-0.25, -0.2) is 9.67 Å². The Balaban J connectivity index is 2.22. The van der Waals surface area contributed by atoms with E-state index in [1.54, 1.807) is 18.0 Å². The lowest BCUT2D eigenvalue weighted by atomic mass is 10.3. The van der Waals surface area contributed by atoms with Crippen LogP contribution in [-0.4, -0.2) is 21.9 Å². The van der Waals surface area contributed by atoms with Gasteiger partial charge in [0.25, 0.3) is 0 Å². The van der Waals surface area contributed by atoms with Gasteiger partial charge >= 0.3 is 0 Å². The molecule has 2 aromatic rings. The average molecular weight is 297 g/mol. The van der Waals surface area contributed by atoms with Gasteiger partial charge in [-0.15, -0.1) is 0 Å². The highest BCUT2D eigenvalue weighted by Crippen LogP contribution is 2.23. The summed E-state index contributed by atoms with van der Waals surface area (Å²) in [6.07, 6.45) is 1.75. The van der Waals surface area contributed by atoms with Crippen molar-refractivity contribution in [1.29, 1.82) is 0 Å². The summed E-state index contributed by atoms with van der Waals surface area (Å²) in [4.78, 5) is 4.14. The second-order valence-corrected chi connectivity index (χ2v) is 4.44. The molecule has 0 aliphatic rings.